The second kappa shape index (κ2) is 6.95. The number of anilines is 1. The molecule has 25 heavy (non-hydrogen) atoms. The Bertz CT molecular complexity index is 844. The summed E-state index contributed by atoms with van der Waals surface area (Å²) in [5.41, 5.74) is 1.18. The third kappa shape index (κ3) is 2.97. The fourth-order valence-electron chi connectivity index (χ4n) is 3.60. The standard InChI is InChI=1S/C23H21NSi/c1-4-12-20(13-5-1)24-25(23-18-10-11-19-23,21-14-6-2-7-15-21)22-16-8-3-9-17-22/h1-18,24H,19H2. The summed E-state index contributed by atoms with van der Waals surface area (Å²) < 4.78 is 0. The van der Waals surface area contributed by atoms with Gasteiger partial charge in [0, 0.05) is 5.69 Å². The first-order valence-electron chi connectivity index (χ1n) is 8.70. The van der Waals surface area contributed by atoms with Crippen LogP contribution in [0.25, 0.3) is 0 Å². The van der Waals surface area contributed by atoms with Crippen molar-refractivity contribution in [3.63, 3.8) is 0 Å². The molecular weight excluding hydrogens is 318 g/mol. The molecule has 2 heteroatoms. The maximum absolute atomic E-state index is 4.00. The summed E-state index contributed by atoms with van der Waals surface area (Å²) in [7, 11) is -2.31. The lowest BCUT2D eigenvalue weighted by molar-refractivity contribution is 1.36. The molecule has 1 N–H and O–H groups in total. The molecule has 0 atom stereocenters. The summed E-state index contributed by atoms with van der Waals surface area (Å²) in [6, 6.07) is 32.5. The normalized spacial score (nSPS) is 13.5. The van der Waals surface area contributed by atoms with Gasteiger partial charge in [-0.05, 0) is 34.1 Å². The second-order valence-electron chi connectivity index (χ2n) is 6.30. The maximum atomic E-state index is 4.00. The predicted molar refractivity (Wildman–Crippen MR) is 110 cm³/mol. The number of allylic oxidation sites excluding steroid dienone is 4. The Hall–Kier alpha value is -2.84. The molecule has 0 amide bonds. The van der Waals surface area contributed by atoms with Crippen molar-refractivity contribution in [2.45, 2.75) is 6.42 Å². The number of nitrogens with one attached hydrogen (secondary N) is 1. The average Bonchev–Trinajstić information content (AvgIpc) is 3.23. The Balaban J connectivity index is 1.94. The third-order valence-corrected chi connectivity index (χ3v) is 9.17. The zero-order valence-electron chi connectivity index (χ0n) is 14.1. The molecule has 0 saturated carbocycles. The minimum Gasteiger partial charge on any atom is -0.400 e. The van der Waals surface area contributed by atoms with Crippen molar-refractivity contribution in [3.8, 4) is 0 Å². The van der Waals surface area contributed by atoms with Gasteiger partial charge in [0.2, 0.25) is 8.24 Å². The van der Waals surface area contributed by atoms with E-state index in [1.165, 1.54) is 21.3 Å². The van der Waals surface area contributed by atoms with E-state index in [-0.39, 0.29) is 0 Å². The molecule has 0 fully saturated rings. The van der Waals surface area contributed by atoms with E-state index in [1.54, 1.807) is 0 Å². The second-order valence-corrected chi connectivity index (χ2v) is 9.84. The van der Waals surface area contributed by atoms with Crippen molar-refractivity contribution >= 4 is 24.3 Å². The number of hydrogen-bond acceptors (Lipinski definition) is 1. The van der Waals surface area contributed by atoms with Crippen molar-refractivity contribution in [2.24, 2.45) is 0 Å². The van der Waals surface area contributed by atoms with E-state index in [9.17, 15) is 0 Å². The molecule has 0 bridgehead atoms. The molecule has 0 radical (unpaired) electrons. The highest BCUT2D eigenvalue weighted by Gasteiger charge is 2.42. The van der Waals surface area contributed by atoms with Gasteiger partial charge in [-0.1, -0.05) is 97.1 Å². The van der Waals surface area contributed by atoms with Gasteiger partial charge in [0.15, 0.2) is 0 Å². The lowest BCUT2D eigenvalue weighted by Crippen LogP contribution is -2.66. The van der Waals surface area contributed by atoms with Gasteiger partial charge >= 0.3 is 0 Å². The summed E-state index contributed by atoms with van der Waals surface area (Å²) in [6.07, 6.45) is 7.77. The lowest BCUT2D eigenvalue weighted by Gasteiger charge is -2.36. The van der Waals surface area contributed by atoms with Crippen LogP contribution >= 0.6 is 0 Å². The quantitative estimate of drug-likeness (QED) is 0.684. The highest BCUT2D eigenvalue weighted by Crippen LogP contribution is 2.25. The van der Waals surface area contributed by atoms with E-state index in [2.05, 4.69) is 114 Å². The number of hydrogen-bond donors (Lipinski definition) is 1. The van der Waals surface area contributed by atoms with Gasteiger partial charge < -0.3 is 4.98 Å². The Kier molecular flexibility index (Phi) is 4.36. The van der Waals surface area contributed by atoms with Crippen molar-refractivity contribution in [3.05, 3.63) is 114 Å². The summed E-state index contributed by atoms with van der Waals surface area (Å²) in [5.74, 6) is 0. The van der Waals surface area contributed by atoms with Gasteiger partial charge in [-0.3, -0.25) is 0 Å². The monoisotopic (exact) mass is 339 g/mol. The van der Waals surface area contributed by atoms with Crippen LogP contribution in [0.2, 0.25) is 0 Å². The number of para-hydroxylation sites is 1. The van der Waals surface area contributed by atoms with Crippen LogP contribution < -0.4 is 15.4 Å². The van der Waals surface area contributed by atoms with Crippen LogP contribution in [-0.2, 0) is 0 Å². The molecule has 0 unspecified atom stereocenters. The smallest absolute Gasteiger partial charge is 0.246 e. The molecule has 3 aromatic rings. The van der Waals surface area contributed by atoms with Gasteiger partial charge in [0.25, 0.3) is 0 Å². The molecule has 1 aliphatic carbocycles. The Morgan fingerprint density at radius 1 is 0.640 bits per heavy atom. The molecule has 0 spiro atoms. The summed E-state index contributed by atoms with van der Waals surface area (Å²) in [6.45, 7) is 0. The minimum atomic E-state index is -2.31. The van der Waals surface area contributed by atoms with E-state index in [1.807, 2.05) is 0 Å². The minimum absolute atomic E-state index is 1.01. The van der Waals surface area contributed by atoms with E-state index in [4.69, 9.17) is 0 Å². The van der Waals surface area contributed by atoms with E-state index >= 15 is 0 Å². The highest BCUT2D eigenvalue weighted by molar-refractivity contribution is 7.09. The fourth-order valence-corrected chi connectivity index (χ4v) is 7.88. The van der Waals surface area contributed by atoms with Crippen LogP contribution in [0.1, 0.15) is 6.42 Å². The van der Waals surface area contributed by atoms with Crippen LogP contribution in [0.15, 0.2) is 114 Å². The van der Waals surface area contributed by atoms with Crippen LogP contribution in [0.3, 0.4) is 0 Å². The SMILES string of the molecule is C1=CCC([Si](Nc2ccccc2)(c2ccccc2)c2ccccc2)=C1. The Morgan fingerprint density at radius 2 is 1.16 bits per heavy atom. The lowest BCUT2D eigenvalue weighted by atomic mass is 10.3. The first kappa shape index (κ1) is 15.7. The molecule has 3 aromatic carbocycles. The predicted octanol–water partition coefficient (Wildman–Crippen LogP) is 4.28. The molecule has 0 aliphatic heterocycles. The summed E-state index contributed by atoms with van der Waals surface area (Å²) in [4.78, 5) is 4.00. The van der Waals surface area contributed by atoms with Crippen LogP contribution in [0.4, 0.5) is 5.69 Å². The largest absolute Gasteiger partial charge is 0.400 e. The molecule has 0 aromatic heterocycles. The molecule has 122 valence electrons. The van der Waals surface area contributed by atoms with Gasteiger partial charge in [-0.25, -0.2) is 0 Å². The highest BCUT2D eigenvalue weighted by atomic mass is 28.3. The van der Waals surface area contributed by atoms with Gasteiger partial charge in [-0.2, -0.15) is 0 Å². The average molecular weight is 340 g/mol. The van der Waals surface area contributed by atoms with Gasteiger partial charge in [0.05, 0.1) is 0 Å². The third-order valence-electron chi connectivity index (χ3n) is 4.77. The fraction of sp³-hybridized carbons (Fsp3) is 0.0435. The van der Waals surface area contributed by atoms with Crippen LogP contribution in [0.5, 0.6) is 0 Å². The van der Waals surface area contributed by atoms with E-state index < -0.39 is 8.24 Å². The molecule has 0 heterocycles. The number of rotatable bonds is 5. The van der Waals surface area contributed by atoms with Crippen molar-refractivity contribution < 1.29 is 0 Å². The molecule has 0 saturated heterocycles. The first-order valence-corrected chi connectivity index (χ1v) is 10.7. The number of benzene rings is 3. The zero-order chi connectivity index (χ0) is 17.0. The molecule has 4 rings (SSSR count). The Labute approximate surface area is 150 Å². The maximum Gasteiger partial charge on any atom is 0.246 e. The van der Waals surface area contributed by atoms with E-state index in [0.29, 0.717) is 0 Å². The molecule has 1 nitrogen and oxygen atoms in total. The topological polar surface area (TPSA) is 12.0 Å². The van der Waals surface area contributed by atoms with E-state index in [0.717, 1.165) is 6.42 Å². The molecular formula is C23H21NSi. The summed E-state index contributed by atoms with van der Waals surface area (Å²) in [5, 5.41) is 4.27. The van der Waals surface area contributed by atoms with Gasteiger partial charge in [-0.15, -0.1) is 0 Å². The van der Waals surface area contributed by atoms with Crippen LogP contribution in [-0.4, -0.2) is 8.24 Å². The zero-order valence-corrected chi connectivity index (χ0v) is 15.1. The van der Waals surface area contributed by atoms with Crippen molar-refractivity contribution in [1.29, 1.82) is 0 Å². The summed E-state index contributed by atoms with van der Waals surface area (Å²) >= 11 is 0. The first-order chi connectivity index (χ1) is 12.4. The molecule has 1 aliphatic rings. The van der Waals surface area contributed by atoms with Crippen molar-refractivity contribution in [1.82, 2.24) is 0 Å². The Morgan fingerprint density at radius 3 is 1.64 bits per heavy atom. The van der Waals surface area contributed by atoms with Crippen molar-refractivity contribution in [2.75, 3.05) is 4.98 Å². The van der Waals surface area contributed by atoms with Gasteiger partial charge in [0.1, 0.15) is 0 Å². The van der Waals surface area contributed by atoms with Crippen LogP contribution in [0, 0.1) is 0 Å².